The molecule has 0 aliphatic carbocycles. The SMILES string of the molecule is CC(C)c1c(C(=O)O)cccc1C(=O)N1CCC(F)(F)C1. The van der Waals surface area contributed by atoms with E-state index in [1.807, 2.05) is 0 Å². The van der Waals surface area contributed by atoms with Crippen LogP contribution in [0.4, 0.5) is 8.78 Å². The largest absolute Gasteiger partial charge is 0.478 e. The third kappa shape index (κ3) is 3.04. The van der Waals surface area contributed by atoms with E-state index in [0.29, 0.717) is 5.56 Å². The summed E-state index contributed by atoms with van der Waals surface area (Å²) in [7, 11) is 0. The van der Waals surface area contributed by atoms with Crippen LogP contribution < -0.4 is 0 Å². The molecule has 0 radical (unpaired) electrons. The van der Waals surface area contributed by atoms with Gasteiger partial charge in [-0.1, -0.05) is 19.9 Å². The lowest BCUT2D eigenvalue weighted by Gasteiger charge is -2.20. The Labute approximate surface area is 121 Å². The van der Waals surface area contributed by atoms with Gasteiger partial charge in [0.05, 0.1) is 12.1 Å². The Morgan fingerprint density at radius 2 is 1.90 bits per heavy atom. The summed E-state index contributed by atoms with van der Waals surface area (Å²) in [4.78, 5) is 24.8. The number of aromatic carboxylic acids is 1. The van der Waals surface area contributed by atoms with Crippen LogP contribution in [0.1, 0.15) is 52.5 Å². The van der Waals surface area contributed by atoms with Gasteiger partial charge >= 0.3 is 5.97 Å². The Morgan fingerprint density at radius 1 is 1.29 bits per heavy atom. The number of rotatable bonds is 3. The molecule has 2 rings (SSSR count). The first-order chi connectivity index (χ1) is 9.73. The summed E-state index contributed by atoms with van der Waals surface area (Å²) >= 11 is 0. The molecule has 0 spiro atoms. The van der Waals surface area contributed by atoms with Gasteiger partial charge < -0.3 is 10.0 Å². The van der Waals surface area contributed by atoms with Gasteiger partial charge in [0.1, 0.15) is 0 Å². The zero-order valence-corrected chi connectivity index (χ0v) is 11.9. The third-order valence-electron chi connectivity index (χ3n) is 3.60. The molecule has 1 fully saturated rings. The number of halogens is 2. The number of carboxylic acids is 1. The Bertz CT molecular complexity index is 584. The summed E-state index contributed by atoms with van der Waals surface area (Å²) in [5, 5.41) is 9.22. The van der Waals surface area contributed by atoms with Crippen molar-refractivity contribution < 1.29 is 23.5 Å². The number of hydrogen-bond donors (Lipinski definition) is 1. The standard InChI is InChI=1S/C15H17F2NO3/c1-9(2)12-10(4-3-5-11(12)14(20)21)13(19)18-7-6-15(16,17)8-18/h3-5,9H,6-8H2,1-2H3,(H,20,21). The lowest BCUT2D eigenvalue weighted by molar-refractivity contribution is 0.0120. The van der Waals surface area contributed by atoms with Crippen molar-refractivity contribution in [2.45, 2.75) is 32.1 Å². The summed E-state index contributed by atoms with van der Waals surface area (Å²) in [6, 6.07) is 4.39. The van der Waals surface area contributed by atoms with Gasteiger partial charge in [-0.25, -0.2) is 13.6 Å². The predicted molar refractivity (Wildman–Crippen MR) is 73.0 cm³/mol. The van der Waals surface area contributed by atoms with E-state index in [4.69, 9.17) is 0 Å². The Kier molecular flexibility index (Phi) is 3.98. The second-order valence-corrected chi connectivity index (χ2v) is 5.56. The number of nitrogens with zero attached hydrogens (tertiary/aromatic N) is 1. The van der Waals surface area contributed by atoms with E-state index in [1.165, 1.54) is 18.2 Å². The fourth-order valence-corrected chi connectivity index (χ4v) is 2.64. The van der Waals surface area contributed by atoms with Crippen LogP contribution >= 0.6 is 0 Å². The number of carbonyl (C=O) groups is 2. The monoisotopic (exact) mass is 297 g/mol. The molecular weight excluding hydrogens is 280 g/mol. The Morgan fingerprint density at radius 3 is 2.38 bits per heavy atom. The highest BCUT2D eigenvalue weighted by atomic mass is 19.3. The number of benzene rings is 1. The van der Waals surface area contributed by atoms with Crippen LogP contribution in [0.2, 0.25) is 0 Å². The zero-order chi connectivity index (χ0) is 15.8. The maximum Gasteiger partial charge on any atom is 0.335 e. The molecule has 1 aliphatic rings. The van der Waals surface area contributed by atoms with Crippen molar-refractivity contribution in [3.63, 3.8) is 0 Å². The molecule has 1 aromatic rings. The van der Waals surface area contributed by atoms with Crippen molar-refractivity contribution in [1.82, 2.24) is 4.90 Å². The molecular formula is C15H17F2NO3. The minimum absolute atomic E-state index is 0.0132. The quantitative estimate of drug-likeness (QED) is 0.933. The smallest absolute Gasteiger partial charge is 0.335 e. The van der Waals surface area contributed by atoms with Gasteiger partial charge in [-0.15, -0.1) is 0 Å². The Balaban J connectivity index is 2.42. The van der Waals surface area contributed by atoms with E-state index in [0.717, 1.165) is 4.90 Å². The highest BCUT2D eigenvalue weighted by molar-refractivity contribution is 6.00. The van der Waals surface area contributed by atoms with Gasteiger partial charge in [-0.2, -0.15) is 0 Å². The maximum atomic E-state index is 13.2. The molecule has 0 aromatic heterocycles. The second kappa shape index (κ2) is 5.42. The average molecular weight is 297 g/mol. The highest BCUT2D eigenvalue weighted by Gasteiger charge is 2.41. The Hall–Kier alpha value is -1.98. The van der Waals surface area contributed by atoms with Crippen LogP contribution in [0.5, 0.6) is 0 Å². The summed E-state index contributed by atoms with van der Waals surface area (Å²) in [5.41, 5.74) is 0.634. The van der Waals surface area contributed by atoms with Gasteiger partial charge in [0.15, 0.2) is 0 Å². The maximum absolute atomic E-state index is 13.2. The first kappa shape index (κ1) is 15.4. The number of carbonyl (C=O) groups excluding carboxylic acids is 1. The summed E-state index contributed by atoms with van der Waals surface area (Å²) < 4.78 is 26.5. The van der Waals surface area contributed by atoms with Gasteiger partial charge in [0, 0.05) is 18.5 Å². The fraction of sp³-hybridized carbons (Fsp3) is 0.467. The molecule has 0 atom stereocenters. The molecule has 1 aromatic carbocycles. The normalized spacial score (nSPS) is 17.3. The molecule has 21 heavy (non-hydrogen) atoms. The van der Waals surface area contributed by atoms with Crippen LogP contribution in [0.3, 0.4) is 0 Å². The highest BCUT2D eigenvalue weighted by Crippen LogP contribution is 2.30. The van der Waals surface area contributed by atoms with Gasteiger partial charge in [-0.05, 0) is 23.6 Å². The van der Waals surface area contributed by atoms with Crippen molar-refractivity contribution in [2.75, 3.05) is 13.1 Å². The van der Waals surface area contributed by atoms with E-state index in [-0.39, 0.29) is 30.0 Å². The molecule has 1 N–H and O–H groups in total. The van der Waals surface area contributed by atoms with E-state index >= 15 is 0 Å². The van der Waals surface area contributed by atoms with Gasteiger partial charge in [0.25, 0.3) is 11.8 Å². The van der Waals surface area contributed by atoms with Crippen molar-refractivity contribution >= 4 is 11.9 Å². The summed E-state index contributed by atoms with van der Waals surface area (Å²) in [6.07, 6.45) is -0.353. The summed E-state index contributed by atoms with van der Waals surface area (Å²) in [6.45, 7) is 2.93. The molecule has 4 nitrogen and oxygen atoms in total. The first-order valence-corrected chi connectivity index (χ1v) is 6.76. The second-order valence-electron chi connectivity index (χ2n) is 5.56. The molecule has 1 saturated heterocycles. The van der Waals surface area contributed by atoms with E-state index in [9.17, 15) is 23.5 Å². The molecule has 0 saturated carbocycles. The number of hydrogen-bond acceptors (Lipinski definition) is 2. The third-order valence-corrected chi connectivity index (χ3v) is 3.60. The van der Waals surface area contributed by atoms with Crippen molar-refractivity contribution in [1.29, 1.82) is 0 Å². The zero-order valence-electron chi connectivity index (χ0n) is 11.9. The van der Waals surface area contributed by atoms with Crippen LogP contribution in [0.25, 0.3) is 0 Å². The molecule has 114 valence electrons. The van der Waals surface area contributed by atoms with E-state index in [1.54, 1.807) is 13.8 Å². The fourth-order valence-electron chi connectivity index (χ4n) is 2.64. The van der Waals surface area contributed by atoms with Crippen LogP contribution in [-0.4, -0.2) is 40.9 Å². The van der Waals surface area contributed by atoms with Gasteiger partial charge in [-0.3, -0.25) is 4.79 Å². The molecule has 1 aliphatic heterocycles. The van der Waals surface area contributed by atoms with Crippen LogP contribution in [0.15, 0.2) is 18.2 Å². The number of likely N-dealkylation sites (tertiary alicyclic amines) is 1. The molecule has 1 amide bonds. The predicted octanol–water partition coefficient (Wildman–Crippen LogP) is 2.99. The first-order valence-electron chi connectivity index (χ1n) is 6.76. The molecule has 0 bridgehead atoms. The molecule has 1 heterocycles. The van der Waals surface area contributed by atoms with E-state index < -0.39 is 24.3 Å². The van der Waals surface area contributed by atoms with Crippen molar-refractivity contribution in [3.8, 4) is 0 Å². The molecule has 0 unspecified atom stereocenters. The van der Waals surface area contributed by atoms with Crippen molar-refractivity contribution in [2.24, 2.45) is 0 Å². The van der Waals surface area contributed by atoms with E-state index in [2.05, 4.69) is 0 Å². The number of amides is 1. The van der Waals surface area contributed by atoms with Gasteiger partial charge in [0.2, 0.25) is 0 Å². The minimum atomic E-state index is -2.86. The number of alkyl halides is 2. The van der Waals surface area contributed by atoms with Crippen molar-refractivity contribution in [3.05, 3.63) is 34.9 Å². The lowest BCUT2D eigenvalue weighted by atomic mass is 9.91. The summed E-state index contributed by atoms with van der Waals surface area (Å²) in [5.74, 6) is -4.71. The lowest BCUT2D eigenvalue weighted by Crippen LogP contribution is -2.32. The molecule has 6 heteroatoms. The van der Waals surface area contributed by atoms with Crippen LogP contribution in [0, 0.1) is 0 Å². The minimum Gasteiger partial charge on any atom is -0.478 e. The van der Waals surface area contributed by atoms with Crippen LogP contribution in [-0.2, 0) is 0 Å². The topological polar surface area (TPSA) is 57.6 Å². The number of carboxylic acid groups (broad SMARTS) is 1. The average Bonchev–Trinajstić information content (AvgIpc) is 2.77.